The molecular weight excluding hydrogens is 188 g/mol. The van der Waals surface area contributed by atoms with Gasteiger partial charge in [0.2, 0.25) is 0 Å². The van der Waals surface area contributed by atoms with Crippen LogP contribution in [0.3, 0.4) is 0 Å². The fourth-order valence-electron chi connectivity index (χ4n) is 2.51. The third-order valence-electron chi connectivity index (χ3n) is 3.40. The molecule has 1 aromatic heterocycles. The first-order chi connectivity index (χ1) is 7.26. The first kappa shape index (κ1) is 10.7. The third kappa shape index (κ3) is 2.07. The molecule has 1 N–H and O–H groups in total. The Kier molecular flexibility index (Phi) is 3.10. The summed E-state index contributed by atoms with van der Waals surface area (Å²) in [7, 11) is 0. The van der Waals surface area contributed by atoms with Crippen molar-refractivity contribution in [2.75, 3.05) is 0 Å². The number of imidazole rings is 1. The molecule has 0 aromatic carbocycles. The molecule has 3 heteroatoms. The zero-order valence-corrected chi connectivity index (χ0v) is 9.45. The SMILES string of the molecule is CCn1ccnc1C1(O)CCCCCC1. The van der Waals surface area contributed by atoms with E-state index in [1.807, 2.05) is 6.20 Å². The van der Waals surface area contributed by atoms with Gasteiger partial charge in [-0.15, -0.1) is 0 Å². The molecule has 0 unspecified atom stereocenters. The molecule has 0 amide bonds. The lowest BCUT2D eigenvalue weighted by molar-refractivity contribution is 0.00862. The van der Waals surface area contributed by atoms with E-state index < -0.39 is 5.60 Å². The average Bonchev–Trinajstić information content (AvgIpc) is 2.62. The molecule has 1 fully saturated rings. The van der Waals surface area contributed by atoms with Gasteiger partial charge in [0.15, 0.2) is 0 Å². The Balaban J connectivity index is 2.26. The van der Waals surface area contributed by atoms with Gasteiger partial charge in [0.25, 0.3) is 0 Å². The first-order valence-electron chi connectivity index (χ1n) is 6.00. The van der Waals surface area contributed by atoms with Crippen LogP contribution in [-0.2, 0) is 12.1 Å². The summed E-state index contributed by atoms with van der Waals surface area (Å²) < 4.78 is 2.06. The second kappa shape index (κ2) is 4.35. The zero-order valence-electron chi connectivity index (χ0n) is 9.45. The minimum Gasteiger partial charge on any atom is -0.382 e. The Morgan fingerprint density at radius 1 is 1.33 bits per heavy atom. The van der Waals surface area contributed by atoms with Crippen molar-refractivity contribution >= 4 is 0 Å². The van der Waals surface area contributed by atoms with Gasteiger partial charge in [-0.3, -0.25) is 0 Å². The van der Waals surface area contributed by atoms with Gasteiger partial charge in [-0.05, 0) is 19.8 Å². The van der Waals surface area contributed by atoms with Gasteiger partial charge in [0.1, 0.15) is 11.4 Å². The van der Waals surface area contributed by atoms with Gasteiger partial charge in [-0.1, -0.05) is 25.7 Å². The minimum atomic E-state index is -0.671. The lowest BCUT2D eigenvalue weighted by Crippen LogP contribution is -2.29. The molecule has 84 valence electrons. The first-order valence-corrected chi connectivity index (χ1v) is 6.00. The number of aliphatic hydroxyl groups is 1. The summed E-state index contributed by atoms with van der Waals surface area (Å²) in [6, 6.07) is 0. The number of aromatic nitrogens is 2. The topological polar surface area (TPSA) is 38.0 Å². The number of aryl methyl sites for hydroxylation is 1. The van der Waals surface area contributed by atoms with Gasteiger partial charge in [0, 0.05) is 18.9 Å². The quantitative estimate of drug-likeness (QED) is 0.758. The van der Waals surface area contributed by atoms with Gasteiger partial charge in [-0.2, -0.15) is 0 Å². The molecule has 0 saturated heterocycles. The summed E-state index contributed by atoms with van der Waals surface area (Å²) >= 11 is 0. The van der Waals surface area contributed by atoms with Crippen molar-refractivity contribution in [1.29, 1.82) is 0 Å². The normalized spacial score (nSPS) is 21.2. The Labute approximate surface area is 91.1 Å². The van der Waals surface area contributed by atoms with Crippen molar-refractivity contribution in [3.8, 4) is 0 Å². The molecule has 1 heterocycles. The fourth-order valence-corrected chi connectivity index (χ4v) is 2.51. The molecule has 0 aliphatic heterocycles. The lowest BCUT2D eigenvalue weighted by Gasteiger charge is -2.26. The van der Waals surface area contributed by atoms with Crippen LogP contribution in [0.15, 0.2) is 12.4 Å². The standard InChI is InChI=1S/C12H20N2O/c1-2-14-10-9-13-11(14)12(15)7-5-3-4-6-8-12/h9-10,15H,2-8H2,1H3. The van der Waals surface area contributed by atoms with Crippen LogP contribution in [0.5, 0.6) is 0 Å². The van der Waals surface area contributed by atoms with E-state index in [1.54, 1.807) is 6.20 Å². The lowest BCUT2D eigenvalue weighted by atomic mass is 9.93. The predicted octanol–water partition coefficient (Wildman–Crippen LogP) is 2.44. The molecule has 0 bridgehead atoms. The van der Waals surface area contributed by atoms with Crippen molar-refractivity contribution < 1.29 is 5.11 Å². The maximum Gasteiger partial charge on any atom is 0.140 e. The molecule has 15 heavy (non-hydrogen) atoms. The van der Waals surface area contributed by atoms with E-state index in [-0.39, 0.29) is 0 Å². The van der Waals surface area contributed by atoms with E-state index in [4.69, 9.17) is 0 Å². The van der Waals surface area contributed by atoms with Crippen molar-refractivity contribution in [3.05, 3.63) is 18.2 Å². The van der Waals surface area contributed by atoms with Crippen molar-refractivity contribution in [3.63, 3.8) is 0 Å². The number of hydrogen-bond acceptors (Lipinski definition) is 2. The molecule has 0 spiro atoms. The summed E-state index contributed by atoms with van der Waals surface area (Å²) in [6.45, 7) is 2.98. The van der Waals surface area contributed by atoms with E-state index in [1.165, 1.54) is 12.8 Å². The minimum absolute atomic E-state index is 0.671. The Morgan fingerprint density at radius 2 is 2.00 bits per heavy atom. The van der Waals surface area contributed by atoms with E-state index in [0.29, 0.717) is 0 Å². The van der Waals surface area contributed by atoms with Gasteiger partial charge >= 0.3 is 0 Å². The molecule has 0 radical (unpaired) electrons. The van der Waals surface area contributed by atoms with E-state index in [9.17, 15) is 5.11 Å². The van der Waals surface area contributed by atoms with Gasteiger partial charge < -0.3 is 9.67 Å². The summed E-state index contributed by atoms with van der Waals surface area (Å²) in [5, 5.41) is 10.6. The second-order valence-corrected chi connectivity index (χ2v) is 4.48. The van der Waals surface area contributed by atoms with Crippen LogP contribution in [0.25, 0.3) is 0 Å². The highest BCUT2D eigenvalue weighted by molar-refractivity contribution is 5.05. The molecule has 3 nitrogen and oxygen atoms in total. The van der Waals surface area contributed by atoms with Crippen LogP contribution in [-0.4, -0.2) is 14.7 Å². The van der Waals surface area contributed by atoms with Crippen molar-refractivity contribution in [2.45, 2.75) is 57.6 Å². The molecule has 1 aromatic rings. The highest BCUT2D eigenvalue weighted by atomic mass is 16.3. The van der Waals surface area contributed by atoms with Gasteiger partial charge in [0.05, 0.1) is 0 Å². The fraction of sp³-hybridized carbons (Fsp3) is 0.750. The average molecular weight is 208 g/mol. The van der Waals surface area contributed by atoms with Gasteiger partial charge in [-0.25, -0.2) is 4.98 Å². The smallest absolute Gasteiger partial charge is 0.140 e. The van der Waals surface area contributed by atoms with Crippen molar-refractivity contribution in [2.24, 2.45) is 0 Å². The molecule has 1 aliphatic rings. The Bertz CT molecular complexity index is 311. The van der Waals surface area contributed by atoms with E-state index >= 15 is 0 Å². The van der Waals surface area contributed by atoms with Crippen molar-refractivity contribution in [1.82, 2.24) is 9.55 Å². The van der Waals surface area contributed by atoms with Crippen LogP contribution < -0.4 is 0 Å². The molecule has 2 rings (SSSR count). The van der Waals surface area contributed by atoms with Crippen LogP contribution in [0.4, 0.5) is 0 Å². The van der Waals surface area contributed by atoms with Crippen LogP contribution in [0.1, 0.15) is 51.3 Å². The highest BCUT2D eigenvalue weighted by Crippen LogP contribution is 2.34. The largest absolute Gasteiger partial charge is 0.382 e. The van der Waals surface area contributed by atoms with E-state index in [0.717, 1.165) is 38.1 Å². The summed E-state index contributed by atoms with van der Waals surface area (Å²) in [5.41, 5.74) is -0.671. The maximum absolute atomic E-state index is 10.6. The molecule has 1 aliphatic carbocycles. The summed E-state index contributed by atoms with van der Waals surface area (Å²) in [4.78, 5) is 4.34. The molecule has 0 atom stereocenters. The third-order valence-corrected chi connectivity index (χ3v) is 3.40. The molecule has 1 saturated carbocycles. The number of nitrogens with zero attached hydrogens (tertiary/aromatic N) is 2. The number of hydrogen-bond donors (Lipinski definition) is 1. The highest BCUT2D eigenvalue weighted by Gasteiger charge is 2.33. The zero-order chi connectivity index (χ0) is 10.7. The van der Waals surface area contributed by atoms with Crippen LogP contribution in [0.2, 0.25) is 0 Å². The summed E-state index contributed by atoms with van der Waals surface area (Å²) in [5.74, 6) is 0.868. The Morgan fingerprint density at radius 3 is 2.60 bits per heavy atom. The van der Waals surface area contributed by atoms with E-state index in [2.05, 4.69) is 16.5 Å². The van der Waals surface area contributed by atoms with Crippen LogP contribution in [0, 0.1) is 0 Å². The maximum atomic E-state index is 10.6. The van der Waals surface area contributed by atoms with Crippen LogP contribution >= 0.6 is 0 Å². The number of rotatable bonds is 2. The Hall–Kier alpha value is -0.830. The predicted molar refractivity (Wildman–Crippen MR) is 59.5 cm³/mol. The second-order valence-electron chi connectivity index (χ2n) is 4.48. The monoisotopic (exact) mass is 208 g/mol. The molecular formula is C12H20N2O. The summed E-state index contributed by atoms with van der Waals surface area (Å²) in [6.07, 6.45) is 10.2.